The van der Waals surface area contributed by atoms with Gasteiger partial charge in [0.15, 0.2) is 0 Å². The van der Waals surface area contributed by atoms with Gasteiger partial charge in [0.2, 0.25) is 0 Å². The lowest BCUT2D eigenvalue weighted by atomic mass is 9.95. The molecule has 0 spiro atoms. The van der Waals surface area contributed by atoms with Crippen molar-refractivity contribution in [3.05, 3.63) is 69.6 Å². The second-order valence-electron chi connectivity index (χ2n) is 8.15. The Labute approximate surface area is 170 Å². The summed E-state index contributed by atoms with van der Waals surface area (Å²) in [5.41, 5.74) is 3.71. The molecule has 0 N–H and O–H groups in total. The zero-order valence-electron chi connectivity index (χ0n) is 16.0. The standard InChI is InChI=1S/C22H24ClN3S/c1-22(2,3)21-24-12-16-13-26(11-10-19(16)25-21)14-18-8-9-20(27-18)15-4-6-17(23)7-5-15/h4-9,12H,10-11,13-14H2,1-3H3. The normalized spacial score (nSPS) is 15.0. The van der Waals surface area contributed by atoms with Gasteiger partial charge in [0.1, 0.15) is 5.82 Å². The number of hydrogen-bond donors (Lipinski definition) is 0. The number of halogens is 1. The van der Waals surface area contributed by atoms with Crippen LogP contribution in [0.2, 0.25) is 5.02 Å². The van der Waals surface area contributed by atoms with Gasteiger partial charge in [-0.2, -0.15) is 0 Å². The van der Waals surface area contributed by atoms with Crippen LogP contribution in [0, 0.1) is 0 Å². The van der Waals surface area contributed by atoms with Crippen molar-refractivity contribution in [2.45, 2.75) is 45.7 Å². The predicted octanol–water partition coefficient (Wildman–Crippen LogP) is 5.71. The van der Waals surface area contributed by atoms with Crippen molar-refractivity contribution < 1.29 is 0 Å². The molecule has 1 aliphatic heterocycles. The molecule has 3 heterocycles. The summed E-state index contributed by atoms with van der Waals surface area (Å²) >= 11 is 7.85. The van der Waals surface area contributed by atoms with Crippen LogP contribution in [0.5, 0.6) is 0 Å². The van der Waals surface area contributed by atoms with E-state index in [1.54, 1.807) is 0 Å². The quantitative estimate of drug-likeness (QED) is 0.566. The summed E-state index contributed by atoms with van der Waals surface area (Å²) in [5, 5.41) is 0.777. The third-order valence-electron chi connectivity index (χ3n) is 4.85. The van der Waals surface area contributed by atoms with Crippen LogP contribution in [0.4, 0.5) is 0 Å². The van der Waals surface area contributed by atoms with E-state index in [1.165, 1.54) is 26.6 Å². The van der Waals surface area contributed by atoms with Gasteiger partial charge in [-0.1, -0.05) is 44.5 Å². The Balaban J connectivity index is 1.45. The topological polar surface area (TPSA) is 29.0 Å². The number of hydrogen-bond acceptors (Lipinski definition) is 4. The zero-order chi connectivity index (χ0) is 19.0. The van der Waals surface area contributed by atoms with E-state index in [4.69, 9.17) is 16.6 Å². The molecule has 4 rings (SSSR count). The highest BCUT2D eigenvalue weighted by Gasteiger charge is 2.23. The molecule has 140 valence electrons. The lowest BCUT2D eigenvalue weighted by molar-refractivity contribution is 0.244. The van der Waals surface area contributed by atoms with Gasteiger partial charge in [-0.05, 0) is 29.8 Å². The molecule has 0 radical (unpaired) electrons. The SMILES string of the molecule is CC(C)(C)c1ncc2c(n1)CCN(Cc1ccc(-c3ccc(Cl)cc3)s1)C2. The van der Waals surface area contributed by atoms with Gasteiger partial charge in [-0.25, -0.2) is 9.97 Å². The van der Waals surface area contributed by atoms with E-state index in [2.05, 4.69) is 54.9 Å². The minimum absolute atomic E-state index is 0.00119. The first-order valence-corrected chi connectivity index (χ1v) is 10.5. The maximum absolute atomic E-state index is 6.00. The number of rotatable bonds is 3. The average Bonchev–Trinajstić information content (AvgIpc) is 3.09. The molecule has 2 aromatic heterocycles. The van der Waals surface area contributed by atoms with Crippen LogP contribution in [0.3, 0.4) is 0 Å². The van der Waals surface area contributed by atoms with Crippen molar-refractivity contribution in [2.24, 2.45) is 0 Å². The highest BCUT2D eigenvalue weighted by molar-refractivity contribution is 7.15. The van der Waals surface area contributed by atoms with Crippen LogP contribution in [-0.4, -0.2) is 21.4 Å². The Morgan fingerprint density at radius 2 is 1.89 bits per heavy atom. The first kappa shape index (κ1) is 18.6. The lowest BCUT2D eigenvalue weighted by Gasteiger charge is -2.28. The summed E-state index contributed by atoms with van der Waals surface area (Å²) in [6, 6.07) is 12.5. The van der Waals surface area contributed by atoms with E-state index in [0.717, 1.165) is 36.9 Å². The summed E-state index contributed by atoms with van der Waals surface area (Å²) in [4.78, 5) is 14.6. The van der Waals surface area contributed by atoms with E-state index in [1.807, 2.05) is 29.7 Å². The molecule has 3 aromatic rings. The van der Waals surface area contributed by atoms with Gasteiger partial charge in [-0.3, -0.25) is 4.90 Å². The van der Waals surface area contributed by atoms with E-state index < -0.39 is 0 Å². The third-order valence-corrected chi connectivity index (χ3v) is 6.22. The van der Waals surface area contributed by atoms with Gasteiger partial charge in [-0.15, -0.1) is 11.3 Å². The maximum atomic E-state index is 6.00. The van der Waals surface area contributed by atoms with Crippen molar-refractivity contribution >= 4 is 22.9 Å². The summed E-state index contributed by atoms with van der Waals surface area (Å²) in [5.74, 6) is 0.945. The molecule has 3 nitrogen and oxygen atoms in total. The number of benzene rings is 1. The van der Waals surface area contributed by atoms with Gasteiger partial charge in [0, 0.05) is 63.7 Å². The Morgan fingerprint density at radius 1 is 1.11 bits per heavy atom. The number of fused-ring (bicyclic) bond motifs is 1. The molecular formula is C22H24ClN3S. The van der Waals surface area contributed by atoms with Crippen molar-refractivity contribution in [2.75, 3.05) is 6.54 Å². The Hall–Kier alpha value is -1.75. The first-order valence-electron chi connectivity index (χ1n) is 9.31. The van der Waals surface area contributed by atoms with Crippen LogP contribution < -0.4 is 0 Å². The van der Waals surface area contributed by atoms with E-state index >= 15 is 0 Å². The van der Waals surface area contributed by atoms with Crippen LogP contribution in [0.15, 0.2) is 42.6 Å². The fourth-order valence-electron chi connectivity index (χ4n) is 3.32. The number of aromatic nitrogens is 2. The minimum atomic E-state index is 0.00119. The van der Waals surface area contributed by atoms with Gasteiger partial charge in [0.05, 0.1) is 0 Å². The fraction of sp³-hybridized carbons (Fsp3) is 0.364. The monoisotopic (exact) mass is 397 g/mol. The summed E-state index contributed by atoms with van der Waals surface area (Å²) in [7, 11) is 0. The number of thiophene rings is 1. The van der Waals surface area contributed by atoms with Crippen molar-refractivity contribution in [3.63, 3.8) is 0 Å². The third kappa shape index (κ3) is 4.23. The number of nitrogens with zero attached hydrogens (tertiary/aromatic N) is 3. The smallest absolute Gasteiger partial charge is 0.133 e. The van der Waals surface area contributed by atoms with Crippen molar-refractivity contribution in [1.82, 2.24) is 14.9 Å². The Kier molecular flexibility index (Phi) is 5.06. The highest BCUT2D eigenvalue weighted by atomic mass is 35.5. The zero-order valence-corrected chi connectivity index (χ0v) is 17.6. The minimum Gasteiger partial charge on any atom is -0.293 e. The predicted molar refractivity (Wildman–Crippen MR) is 113 cm³/mol. The van der Waals surface area contributed by atoms with Crippen molar-refractivity contribution in [3.8, 4) is 10.4 Å². The lowest BCUT2D eigenvalue weighted by Crippen LogP contribution is -2.31. The average molecular weight is 398 g/mol. The molecule has 0 saturated carbocycles. The van der Waals surface area contributed by atoms with E-state index in [0.29, 0.717) is 0 Å². The fourth-order valence-corrected chi connectivity index (χ4v) is 4.51. The second kappa shape index (κ2) is 7.34. The summed E-state index contributed by atoms with van der Waals surface area (Å²) in [6.07, 6.45) is 3.03. The molecule has 0 atom stereocenters. The summed E-state index contributed by atoms with van der Waals surface area (Å²) in [6.45, 7) is 9.44. The molecule has 0 unspecified atom stereocenters. The molecule has 5 heteroatoms. The van der Waals surface area contributed by atoms with Crippen LogP contribution in [-0.2, 0) is 24.9 Å². The Morgan fingerprint density at radius 3 is 2.63 bits per heavy atom. The molecular weight excluding hydrogens is 374 g/mol. The molecule has 0 fully saturated rings. The molecule has 1 aliphatic rings. The Bertz CT molecular complexity index is 941. The van der Waals surface area contributed by atoms with Crippen LogP contribution in [0.1, 0.15) is 42.7 Å². The van der Waals surface area contributed by atoms with Gasteiger partial charge in [0.25, 0.3) is 0 Å². The maximum Gasteiger partial charge on any atom is 0.133 e. The van der Waals surface area contributed by atoms with Gasteiger partial charge < -0.3 is 0 Å². The van der Waals surface area contributed by atoms with Crippen LogP contribution in [0.25, 0.3) is 10.4 Å². The van der Waals surface area contributed by atoms with E-state index in [9.17, 15) is 0 Å². The largest absolute Gasteiger partial charge is 0.293 e. The molecule has 0 amide bonds. The molecule has 0 bridgehead atoms. The molecule has 27 heavy (non-hydrogen) atoms. The second-order valence-corrected chi connectivity index (χ2v) is 9.75. The van der Waals surface area contributed by atoms with E-state index in [-0.39, 0.29) is 5.41 Å². The highest BCUT2D eigenvalue weighted by Crippen LogP contribution is 2.31. The van der Waals surface area contributed by atoms with Crippen LogP contribution >= 0.6 is 22.9 Å². The first-order chi connectivity index (χ1) is 12.9. The summed E-state index contributed by atoms with van der Waals surface area (Å²) < 4.78 is 0. The molecule has 1 aromatic carbocycles. The molecule has 0 saturated heterocycles. The van der Waals surface area contributed by atoms with Crippen molar-refractivity contribution in [1.29, 1.82) is 0 Å². The molecule has 0 aliphatic carbocycles. The van der Waals surface area contributed by atoms with Gasteiger partial charge >= 0.3 is 0 Å².